The van der Waals surface area contributed by atoms with Gasteiger partial charge in [-0.15, -0.1) is 13.2 Å². The van der Waals surface area contributed by atoms with Crippen molar-refractivity contribution in [1.29, 1.82) is 0 Å². The third kappa shape index (κ3) is 6.70. The number of allylic oxidation sites excluding steroid dienone is 2. The average Bonchev–Trinajstić information content (AvgIpc) is 2.99. The summed E-state index contributed by atoms with van der Waals surface area (Å²) in [5.74, 6) is 0.106. The summed E-state index contributed by atoms with van der Waals surface area (Å²) in [6.45, 7) is 8.26. The van der Waals surface area contributed by atoms with Crippen molar-refractivity contribution in [3.8, 4) is 22.6 Å². The monoisotopic (exact) mass is 588 g/mol. The predicted octanol–water partition coefficient (Wildman–Crippen LogP) is 0.443. The zero-order valence-corrected chi connectivity index (χ0v) is 23.4. The highest BCUT2D eigenvalue weighted by atomic mass is 16.7. The molecule has 2 heterocycles. The maximum absolute atomic E-state index is 10.8. The minimum absolute atomic E-state index is 0.326. The van der Waals surface area contributed by atoms with Crippen molar-refractivity contribution in [3.63, 3.8) is 0 Å². The van der Waals surface area contributed by atoms with Crippen molar-refractivity contribution in [2.45, 2.75) is 75.1 Å². The number of aliphatic hydroxyl groups is 7. The van der Waals surface area contributed by atoms with Crippen LogP contribution in [0.15, 0.2) is 61.7 Å². The summed E-state index contributed by atoms with van der Waals surface area (Å²) in [5.41, 5.74) is 2.98. The van der Waals surface area contributed by atoms with Gasteiger partial charge in [-0.2, -0.15) is 0 Å². The first-order chi connectivity index (χ1) is 20.1. The third-order valence-electron chi connectivity index (χ3n) is 7.72. The van der Waals surface area contributed by atoms with E-state index in [1.54, 1.807) is 37.3 Å². The van der Waals surface area contributed by atoms with E-state index in [9.17, 15) is 35.7 Å². The van der Waals surface area contributed by atoms with Crippen LogP contribution in [0.25, 0.3) is 11.1 Å². The number of hydrogen-bond acceptors (Lipinski definition) is 11. The molecule has 2 saturated heterocycles. The fourth-order valence-corrected chi connectivity index (χ4v) is 5.16. The van der Waals surface area contributed by atoms with Crippen LogP contribution in [-0.2, 0) is 22.3 Å². The molecule has 0 unspecified atom stereocenters. The number of rotatable bonds is 11. The Hall–Kier alpha value is -2.84. The molecule has 2 aromatic rings. The molecule has 0 aliphatic carbocycles. The van der Waals surface area contributed by atoms with Crippen LogP contribution in [-0.4, -0.2) is 104 Å². The smallest absolute Gasteiger partial charge is 0.229 e. The molecule has 0 aromatic heterocycles. The van der Waals surface area contributed by atoms with Gasteiger partial charge in [0.25, 0.3) is 0 Å². The van der Waals surface area contributed by atoms with Crippen LogP contribution in [0.2, 0.25) is 0 Å². The van der Waals surface area contributed by atoms with Gasteiger partial charge in [-0.25, -0.2) is 0 Å². The van der Waals surface area contributed by atoms with E-state index in [-0.39, 0.29) is 0 Å². The van der Waals surface area contributed by atoms with Crippen LogP contribution >= 0.6 is 0 Å². The molecule has 2 aliphatic rings. The van der Waals surface area contributed by atoms with Crippen LogP contribution < -0.4 is 9.47 Å². The lowest BCUT2D eigenvalue weighted by molar-refractivity contribution is -0.277. The number of hydrogen-bond donors (Lipinski definition) is 7. The van der Waals surface area contributed by atoms with Crippen LogP contribution in [0.1, 0.15) is 18.1 Å². The topological polar surface area (TPSA) is 179 Å². The molecule has 7 N–H and O–H groups in total. The van der Waals surface area contributed by atoms with E-state index in [4.69, 9.17) is 18.9 Å². The molecule has 11 nitrogen and oxygen atoms in total. The summed E-state index contributed by atoms with van der Waals surface area (Å²) in [4.78, 5) is 0. The Morgan fingerprint density at radius 1 is 0.714 bits per heavy atom. The van der Waals surface area contributed by atoms with E-state index in [0.29, 0.717) is 41.0 Å². The molecular weight excluding hydrogens is 548 g/mol. The quantitative estimate of drug-likeness (QED) is 0.181. The number of benzene rings is 2. The molecule has 0 radical (unpaired) electrons. The van der Waals surface area contributed by atoms with Crippen molar-refractivity contribution < 1.29 is 54.7 Å². The van der Waals surface area contributed by atoms with Crippen molar-refractivity contribution in [3.05, 3.63) is 72.8 Å². The largest absolute Gasteiger partial charge is 0.462 e. The Morgan fingerprint density at radius 3 is 1.95 bits per heavy atom. The van der Waals surface area contributed by atoms with Gasteiger partial charge in [0.2, 0.25) is 12.6 Å². The van der Waals surface area contributed by atoms with Gasteiger partial charge in [0.1, 0.15) is 48.1 Å². The average molecular weight is 589 g/mol. The maximum atomic E-state index is 10.8. The molecule has 0 spiro atoms. The Labute approximate surface area is 244 Å². The van der Waals surface area contributed by atoms with Crippen molar-refractivity contribution >= 4 is 0 Å². The van der Waals surface area contributed by atoms with Crippen molar-refractivity contribution in [2.75, 3.05) is 13.2 Å². The van der Waals surface area contributed by atoms with Gasteiger partial charge < -0.3 is 54.7 Å². The fraction of sp³-hybridized carbons (Fsp3) is 0.484. The Kier molecular flexibility index (Phi) is 10.8. The molecule has 42 heavy (non-hydrogen) atoms. The summed E-state index contributed by atoms with van der Waals surface area (Å²) in [6.07, 6.45) is -7.03. The van der Waals surface area contributed by atoms with Crippen LogP contribution in [0.5, 0.6) is 11.5 Å². The minimum Gasteiger partial charge on any atom is -0.462 e. The summed E-state index contributed by atoms with van der Waals surface area (Å²) >= 11 is 0. The molecule has 2 aliphatic heterocycles. The molecule has 2 fully saturated rings. The summed E-state index contributed by atoms with van der Waals surface area (Å²) in [6, 6.07) is 10.8. The van der Waals surface area contributed by atoms with Gasteiger partial charge in [-0.05, 0) is 53.8 Å². The summed E-state index contributed by atoms with van der Waals surface area (Å²) in [5, 5.41) is 71.0. The van der Waals surface area contributed by atoms with E-state index in [0.717, 1.165) is 5.56 Å². The van der Waals surface area contributed by atoms with Gasteiger partial charge in [-0.3, -0.25) is 0 Å². The molecule has 0 amide bonds. The lowest BCUT2D eigenvalue weighted by Gasteiger charge is -2.40. The summed E-state index contributed by atoms with van der Waals surface area (Å²) in [7, 11) is 0. The first kappa shape index (κ1) is 32.1. The molecular formula is C31H40O11. The Bertz CT molecular complexity index is 1220. The second-order valence-corrected chi connectivity index (χ2v) is 10.6. The van der Waals surface area contributed by atoms with Gasteiger partial charge >= 0.3 is 0 Å². The minimum atomic E-state index is -1.58. The molecule has 2 aromatic carbocycles. The van der Waals surface area contributed by atoms with Gasteiger partial charge in [-0.1, -0.05) is 31.2 Å². The van der Waals surface area contributed by atoms with E-state index in [1.165, 1.54) is 0 Å². The van der Waals surface area contributed by atoms with E-state index < -0.39 is 74.4 Å². The summed E-state index contributed by atoms with van der Waals surface area (Å²) < 4.78 is 23.3. The molecule has 0 bridgehead atoms. The standard InChI is InChI=1S/C31H40O11/c1-4-6-17-8-10-22(40-30-26(35)16(3)25(34)23(14-32)41-30)20(12-17)18-9-11-21(19(13-18)7-5-2)39-31-29(38)28(37)27(36)24(15-33)42-31/h4-5,8-13,16,23-38H,1-2,6-7,14-15H2,3H3/t16-,23+,24+,25-,26+,27+,28-,29+,30+,31+/m0/s1. The second kappa shape index (κ2) is 14.1. The Balaban J connectivity index is 1.67. The lowest BCUT2D eigenvalue weighted by atomic mass is 9.91. The predicted molar refractivity (Wildman–Crippen MR) is 152 cm³/mol. The van der Waals surface area contributed by atoms with Crippen molar-refractivity contribution in [1.82, 2.24) is 0 Å². The molecule has 4 rings (SSSR count). The lowest BCUT2D eigenvalue weighted by Crippen LogP contribution is -2.60. The first-order valence-corrected chi connectivity index (χ1v) is 13.9. The maximum Gasteiger partial charge on any atom is 0.229 e. The third-order valence-corrected chi connectivity index (χ3v) is 7.72. The molecule has 230 valence electrons. The van der Waals surface area contributed by atoms with Gasteiger partial charge in [0.15, 0.2) is 0 Å². The van der Waals surface area contributed by atoms with Crippen LogP contribution in [0.3, 0.4) is 0 Å². The highest BCUT2D eigenvalue weighted by molar-refractivity contribution is 5.73. The first-order valence-electron chi connectivity index (χ1n) is 13.9. The van der Waals surface area contributed by atoms with Gasteiger partial charge in [0, 0.05) is 11.5 Å². The normalized spacial score (nSPS) is 33.1. The van der Waals surface area contributed by atoms with Crippen LogP contribution in [0, 0.1) is 5.92 Å². The van der Waals surface area contributed by atoms with Crippen LogP contribution in [0.4, 0.5) is 0 Å². The fourth-order valence-electron chi connectivity index (χ4n) is 5.16. The van der Waals surface area contributed by atoms with Gasteiger partial charge in [0.05, 0.1) is 19.3 Å². The molecule has 11 heteroatoms. The highest BCUT2D eigenvalue weighted by Crippen LogP contribution is 2.38. The Morgan fingerprint density at radius 2 is 1.31 bits per heavy atom. The van der Waals surface area contributed by atoms with E-state index in [2.05, 4.69) is 13.2 Å². The molecule has 0 saturated carbocycles. The zero-order valence-electron chi connectivity index (χ0n) is 23.4. The second-order valence-electron chi connectivity index (χ2n) is 10.6. The SMILES string of the molecule is C=CCc1ccc(O[C@@H]2O[C@H](CO)[C@@H](O)[C@H](C)[C@H]2O)c(-c2ccc(O[C@@H]3O[C@H](CO)[C@@H](O)[C@H](O)[C@H]3O)c(CC=C)c2)c1. The number of aliphatic hydroxyl groups excluding tert-OH is 7. The van der Waals surface area contributed by atoms with E-state index >= 15 is 0 Å². The van der Waals surface area contributed by atoms with E-state index in [1.807, 2.05) is 18.2 Å². The van der Waals surface area contributed by atoms with Crippen molar-refractivity contribution in [2.24, 2.45) is 5.92 Å². The zero-order chi connectivity index (χ0) is 30.6. The molecule has 10 atom stereocenters. The number of ether oxygens (including phenoxy) is 4. The highest BCUT2D eigenvalue weighted by Gasteiger charge is 2.45.